The van der Waals surface area contributed by atoms with Gasteiger partial charge in [0.2, 0.25) is 0 Å². The van der Waals surface area contributed by atoms with Crippen molar-refractivity contribution in [3.63, 3.8) is 0 Å². The Labute approximate surface area is 154 Å². The monoisotopic (exact) mass is 395 g/mol. The zero-order valence-electron chi connectivity index (χ0n) is 14.6. The summed E-state index contributed by atoms with van der Waals surface area (Å²) < 4.78 is 3.02. The third-order valence-corrected chi connectivity index (χ3v) is 4.96. The van der Waals surface area contributed by atoms with Crippen molar-refractivity contribution in [1.29, 1.82) is 0 Å². The second-order valence-electron chi connectivity index (χ2n) is 6.61. The molecule has 0 bridgehead atoms. The van der Waals surface area contributed by atoms with Gasteiger partial charge < -0.3 is 0 Å². The lowest BCUT2D eigenvalue weighted by Gasteiger charge is -2.10. The number of hydrogen-bond donors (Lipinski definition) is 0. The highest BCUT2D eigenvalue weighted by Crippen LogP contribution is 2.29. The SMILES string of the molecule is Cc1ccc(Br)cc1-c1nnc2c(C)nc3cc(C(C)C)cnc3n12. The highest BCUT2D eigenvalue weighted by atomic mass is 79.9. The Bertz CT molecular complexity index is 1110. The van der Waals surface area contributed by atoms with Gasteiger partial charge in [0.25, 0.3) is 0 Å². The third-order valence-electron chi connectivity index (χ3n) is 4.46. The molecule has 0 spiro atoms. The van der Waals surface area contributed by atoms with E-state index in [9.17, 15) is 0 Å². The first kappa shape index (κ1) is 16.1. The van der Waals surface area contributed by atoms with Gasteiger partial charge in [-0.05, 0) is 49.1 Å². The van der Waals surface area contributed by atoms with E-state index < -0.39 is 0 Å². The first-order valence-electron chi connectivity index (χ1n) is 8.23. The van der Waals surface area contributed by atoms with Crippen molar-refractivity contribution >= 4 is 32.7 Å². The lowest BCUT2D eigenvalue weighted by molar-refractivity contribution is 0.859. The van der Waals surface area contributed by atoms with Crippen LogP contribution in [-0.2, 0) is 0 Å². The fraction of sp³-hybridized carbons (Fsp3) is 0.263. The molecule has 3 heterocycles. The van der Waals surface area contributed by atoms with E-state index in [4.69, 9.17) is 9.97 Å². The molecule has 0 fully saturated rings. The Hall–Kier alpha value is -2.34. The Balaban J connectivity index is 2.10. The van der Waals surface area contributed by atoms with Crippen molar-refractivity contribution in [2.75, 3.05) is 0 Å². The van der Waals surface area contributed by atoms with Crippen molar-refractivity contribution in [1.82, 2.24) is 24.6 Å². The van der Waals surface area contributed by atoms with E-state index in [-0.39, 0.29) is 0 Å². The highest BCUT2D eigenvalue weighted by molar-refractivity contribution is 9.10. The van der Waals surface area contributed by atoms with E-state index in [0.29, 0.717) is 5.92 Å². The van der Waals surface area contributed by atoms with Crippen LogP contribution < -0.4 is 0 Å². The van der Waals surface area contributed by atoms with Crippen LogP contribution in [0.3, 0.4) is 0 Å². The van der Waals surface area contributed by atoms with Gasteiger partial charge in [-0.25, -0.2) is 9.97 Å². The van der Waals surface area contributed by atoms with Crippen molar-refractivity contribution in [2.24, 2.45) is 0 Å². The predicted octanol–water partition coefficient (Wildman–Crippen LogP) is 4.84. The number of halogens is 1. The van der Waals surface area contributed by atoms with Crippen molar-refractivity contribution in [3.8, 4) is 11.4 Å². The molecule has 0 aliphatic carbocycles. The summed E-state index contributed by atoms with van der Waals surface area (Å²) in [6, 6.07) is 8.27. The van der Waals surface area contributed by atoms with Gasteiger partial charge in [-0.15, -0.1) is 10.2 Å². The quantitative estimate of drug-likeness (QED) is 0.487. The van der Waals surface area contributed by atoms with Crippen LogP contribution in [0.2, 0.25) is 0 Å². The van der Waals surface area contributed by atoms with Gasteiger partial charge in [0.1, 0.15) is 5.52 Å². The zero-order valence-corrected chi connectivity index (χ0v) is 16.2. The molecular weight excluding hydrogens is 378 g/mol. The minimum atomic E-state index is 0.405. The number of aromatic nitrogens is 5. The summed E-state index contributed by atoms with van der Waals surface area (Å²) in [5.74, 6) is 1.19. The molecule has 5 nitrogen and oxygen atoms in total. The number of nitrogens with zero attached hydrogens (tertiary/aromatic N) is 5. The van der Waals surface area contributed by atoms with Crippen molar-refractivity contribution in [3.05, 3.63) is 51.8 Å². The van der Waals surface area contributed by atoms with Gasteiger partial charge in [0.15, 0.2) is 17.1 Å². The summed E-state index contributed by atoms with van der Waals surface area (Å²) in [6.07, 6.45) is 1.92. The van der Waals surface area contributed by atoms with Crippen LogP contribution >= 0.6 is 15.9 Å². The molecule has 126 valence electrons. The molecular formula is C19H18BrN5. The van der Waals surface area contributed by atoms with Crippen LogP contribution in [-0.4, -0.2) is 24.6 Å². The summed E-state index contributed by atoms with van der Waals surface area (Å²) in [5.41, 5.74) is 6.58. The minimum Gasteiger partial charge on any atom is -0.255 e. The standard InChI is InChI=1S/C19H18BrN5/c1-10(2)13-7-16-19(21-9-13)25-17(12(4)22-16)23-24-18(25)15-8-14(20)6-5-11(15)3/h5-10H,1-4H3. The molecule has 0 radical (unpaired) electrons. The molecule has 4 aromatic rings. The second kappa shape index (κ2) is 5.88. The average Bonchev–Trinajstić information content (AvgIpc) is 3.02. The van der Waals surface area contributed by atoms with Crippen LogP contribution in [0.15, 0.2) is 34.9 Å². The fourth-order valence-corrected chi connectivity index (χ4v) is 3.35. The van der Waals surface area contributed by atoms with Gasteiger partial charge in [-0.2, -0.15) is 0 Å². The largest absolute Gasteiger partial charge is 0.255 e. The summed E-state index contributed by atoms with van der Waals surface area (Å²) in [7, 11) is 0. The van der Waals surface area contributed by atoms with Gasteiger partial charge >= 0.3 is 0 Å². The zero-order chi connectivity index (χ0) is 17.7. The Morgan fingerprint density at radius 2 is 1.84 bits per heavy atom. The summed E-state index contributed by atoms with van der Waals surface area (Å²) in [6.45, 7) is 8.35. The summed E-state index contributed by atoms with van der Waals surface area (Å²) in [5, 5.41) is 8.82. The molecule has 0 saturated heterocycles. The number of rotatable bonds is 2. The molecule has 0 atom stereocenters. The van der Waals surface area contributed by atoms with Crippen LogP contribution in [0.1, 0.15) is 36.6 Å². The van der Waals surface area contributed by atoms with Crippen LogP contribution in [0.4, 0.5) is 0 Å². The molecule has 25 heavy (non-hydrogen) atoms. The topological polar surface area (TPSA) is 56.0 Å². The molecule has 0 N–H and O–H groups in total. The van der Waals surface area contributed by atoms with Crippen LogP contribution in [0, 0.1) is 13.8 Å². The lowest BCUT2D eigenvalue weighted by Crippen LogP contribution is -2.01. The smallest absolute Gasteiger partial charge is 0.184 e. The van der Waals surface area contributed by atoms with E-state index in [2.05, 4.69) is 65.1 Å². The van der Waals surface area contributed by atoms with Crippen molar-refractivity contribution < 1.29 is 0 Å². The third kappa shape index (κ3) is 2.61. The number of hydrogen-bond acceptors (Lipinski definition) is 4. The molecule has 0 aliphatic heterocycles. The predicted molar refractivity (Wildman–Crippen MR) is 103 cm³/mol. The van der Waals surface area contributed by atoms with Gasteiger partial charge in [-0.1, -0.05) is 35.8 Å². The first-order valence-corrected chi connectivity index (χ1v) is 9.03. The Morgan fingerprint density at radius 3 is 2.60 bits per heavy atom. The van der Waals surface area contributed by atoms with Crippen molar-refractivity contribution in [2.45, 2.75) is 33.6 Å². The van der Waals surface area contributed by atoms with E-state index in [0.717, 1.165) is 43.9 Å². The molecule has 6 heteroatoms. The minimum absolute atomic E-state index is 0.405. The lowest BCUT2D eigenvalue weighted by atomic mass is 10.1. The van der Waals surface area contributed by atoms with E-state index >= 15 is 0 Å². The molecule has 4 rings (SSSR count). The van der Waals surface area contributed by atoms with E-state index in [1.54, 1.807) is 0 Å². The summed E-state index contributed by atoms with van der Waals surface area (Å²) in [4.78, 5) is 9.39. The maximum Gasteiger partial charge on any atom is 0.184 e. The number of benzene rings is 1. The molecule has 0 aliphatic rings. The summed E-state index contributed by atoms with van der Waals surface area (Å²) >= 11 is 3.55. The Morgan fingerprint density at radius 1 is 1.04 bits per heavy atom. The maximum atomic E-state index is 4.70. The molecule has 1 aromatic carbocycles. The number of aryl methyl sites for hydroxylation is 2. The van der Waals surface area contributed by atoms with Crippen LogP contribution in [0.25, 0.3) is 28.2 Å². The molecule has 3 aromatic heterocycles. The number of fused-ring (bicyclic) bond motifs is 3. The molecule has 0 saturated carbocycles. The van der Waals surface area contributed by atoms with E-state index in [1.807, 2.05) is 23.6 Å². The fourth-order valence-electron chi connectivity index (χ4n) is 2.99. The average molecular weight is 396 g/mol. The second-order valence-corrected chi connectivity index (χ2v) is 7.52. The van der Waals surface area contributed by atoms with Gasteiger partial charge in [0, 0.05) is 16.2 Å². The normalized spacial score (nSPS) is 11.8. The van der Waals surface area contributed by atoms with E-state index in [1.165, 1.54) is 5.56 Å². The molecule has 0 unspecified atom stereocenters. The number of pyridine rings is 1. The Kier molecular flexibility index (Phi) is 3.80. The van der Waals surface area contributed by atoms with Gasteiger partial charge in [0.05, 0.1) is 5.69 Å². The first-order chi connectivity index (χ1) is 12.0. The maximum absolute atomic E-state index is 4.70. The van der Waals surface area contributed by atoms with Gasteiger partial charge in [-0.3, -0.25) is 4.40 Å². The highest BCUT2D eigenvalue weighted by Gasteiger charge is 2.17. The molecule has 0 amide bonds. The van der Waals surface area contributed by atoms with Crippen LogP contribution in [0.5, 0.6) is 0 Å².